The predicted octanol–water partition coefficient (Wildman–Crippen LogP) is 8.58. The summed E-state index contributed by atoms with van der Waals surface area (Å²) in [4.78, 5) is 0. The predicted molar refractivity (Wildman–Crippen MR) is 110 cm³/mol. The van der Waals surface area contributed by atoms with Gasteiger partial charge in [-0.05, 0) is 32.8 Å². The van der Waals surface area contributed by atoms with Crippen molar-refractivity contribution in [3.63, 3.8) is 0 Å². The maximum atomic E-state index is 5.70. The minimum absolute atomic E-state index is 0.898. The van der Waals surface area contributed by atoms with Crippen LogP contribution in [-0.4, -0.2) is 6.61 Å². The molecule has 1 heteroatoms. The van der Waals surface area contributed by atoms with Gasteiger partial charge in [0, 0.05) is 0 Å². The van der Waals surface area contributed by atoms with Gasteiger partial charge in [-0.3, -0.25) is 0 Å². The molecular weight excluding hydrogens is 292 g/mol. The van der Waals surface area contributed by atoms with Gasteiger partial charge in [0.05, 0.1) is 12.4 Å². The molecule has 0 atom stereocenters. The zero-order chi connectivity index (χ0) is 17.9. The van der Waals surface area contributed by atoms with Crippen LogP contribution in [-0.2, 0) is 4.74 Å². The van der Waals surface area contributed by atoms with Crippen LogP contribution in [0.3, 0.4) is 0 Å². The third-order valence-electron chi connectivity index (χ3n) is 5.02. The lowest BCUT2D eigenvalue weighted by Gasteiger charge is -2.07. The summed E-state index contributed by atoms with van der Waals surface area (Å²) in [6, 6.07) is 0. The zero-order valence-corrected chi connectivity index (χ0v) is 17.4. The fourth-order valence-corrected chi connectivity index (χ4v) is 3.02. The summed E-state index contributed by atoms with van der Waals surface area (Å²) in [5.74, 6) is 1.11. The molecule has 1 nitrogen and oxygen atoms in total. The molecule has 0 aliphatic carbocycles. The highest BCUT2D eigenvalue weighted by molar-refractivity contribution is 4.98. The number of rotatable bonds is 18. The van der Waals surface area contributed by atoms with Crippen LogP contribution in [0.15, 0.2) is 11.3 Å². The Balaban J connectivity index is 3.07. The van der Waals surface area contributed by atoms with Crippen LogP contribution >= 0.6 is 0 Å². The quantitative estimate of drug-likeness (QED) is 0.179. The Labute approximate surface area is 153 Å². The molecule has 0 N–H and O–H groups in total. The van der Waals surface area contributed by atoms with Gasteiger partial charge in [-0.15, -0.1) is 0 Å². The first kappa shape index (κ1) is 23.5. The molecule has 144 valence electrons. The number of hydrogen-bond acceptors (Lipinski definition) is 1. The molecule has 0 saturated heterocycles. The molecule has 24 heavy (non-hydrogen) atoms. The van der Waals surface area contributed by atoms with Crippen molar-refractivity contribution in [1.29, 1.82) is 0 Å². The van der Waals surface area contributed by atoms with Crippen LogP contribution in [0.25, 0.3) is 0 Å². The molecule has 0 unspecified atom stereocenters. The van der Waals surface area contributed by atoms with E-state index in [2.05, 4.69) is 27.7 Å². The van der Waals surface area contributed by atoms with Crippen LogP contribution in [0, 0.1) is 0 Å². The summed E-state index contributed by atoms with van der Waals surface area (Å²) >= 11 is 0. The molecule has 0 fully saturated rings. The Hall–Kier alpha value is -0.460. The van der Waals surface area contributed by atoms with Gasteiger partial charge >= 0.3 is 0 Å². The maximum absolute atomic E-state index is 5.70. The molecule has 0 rings (SSSR count). The SMILES string of the molecule is CCCCCCCCCCCCCCCCCCOC(C)=C(C)C. The lowest BCUT2D eigenvalue weighted by molar-refractivity contribution is 0.203. The molecule has 0 bridgehead atoms. The first-order valence-corrected chi connectivity index (χ1v) is 10.9. The van der Waals surface area contributed by atoms with Crippen molar-refractivity contribution >= 4 is 0 Å². The molecule has 0 radical (unpaired) electrons. The summed E-state index contributed by atoms with van der Waals surface area (Å²) in [7, 11) is 0. The number of allylic oxidation sites excluding steroid dienone is 2. The average Bonchev–Trinajstić information content (AvgIpc) is 2.57. The number of hydrogen-bond donors (Lipinski definition) is 0. The van der Waals surface area contributed by atoms with Crippen LogP contribution in [0.4, 0.5) is 0 Å². The largest absolute Gasteiger partial charge is 0.498 e. The number of unbranched alkanes of at least 4 members (excludes halogenated alkanes) is 15. The van der Waals surface area contributed by atoms with Crippen molar-refractivity contribution in [2.45, 2.75) is 130 Å². The second kappa shape index (κ2) is 18.9. The van der Waals surface area contributed by atoms with E-state index < -0.39 is 0 Å². The van der Waals surface area contributed by atoms with E-state index in [-0.39, 0.29) is 0 Å². The second-order valence-corrected chi connectivity index (χ2v) is 7.71. The smallest absolute Gasteiger partial charge is 0.0915 e. The molecule has 0 aromatic rings. The fraction of sp³-hybridized carbons (Fsp3) is 0.913. The summed E-state index contributed by atoms with van der Waals surface area (Å²) in [6.07, 6.45) is 22.7. The molecule has 0 spiro atoms. The second-order valence-electron chi connectivity index (χ2n) is 7.71. The van der Waals surface area contributed by atoms with Crippen molar-refractivity contribution in [2.75, 3.05) is 6.61 Å². The van der Waals surface area contributed by atoms with Gasteiger partial charge in [-0.1, -0.05) is 103 Å². The summed E-state index contributed by atoms with van der Waals surface area (Å²) < 4.78 is 5.70. The maximum Gasteiger partial charge on any atom is 0.0915 e. The summed E-state index contributed by atoms with van der Waals surface area (Å²) in [6.45, 7) is 9.49. The fourth-order valence-electron chi connectivity index (χ4n) is 3.02. The van der Waals surface area contributed by atoms with Gasteiger partial charge < -0.3 is 4.74 Å². The van der Waals surface area contributed by atoms with Gasteiger partial charge in [0.1, 0.15) is 0 Å². The standard InChI is InChI=1S/C23H46O/c1-5-6-7-8-9-10-11-12-13-14-15-16-17-18-19-20-21-24-23(4)22(2)3/h5-21H2,1-4H3. The molecule has 0 aromatic heterocycles. The van der Waals surface area contributed by atoms with Crippen molar-refractivity contribution < 1.29 is 4.74 Å². The van der Waals surface area contributed by atoms with E-state index in [1.54, 1.807) is 0 Å². The van der Waals surface area contributed by atoms with Gasteiger partial charge in [-0.25, -0.2) is 0 Å². The van der Waals surface area contributed by atoms with Crippen LogP contribution in [0.2, 0.25) is 0 Å². The van der Waals surface area contributed by atoms with E-state index in [9.17, 15) is 0 Å². The minimum atomic E-state index is 0.898. The van der Waals surface area contributed by atoms with Gasteiger partial charge in [0.25, 0.3) is 0 Å². The minimum Gasteiger partial charge on any atom is -0.498 e. The molecule has 0 heterocycles. The number of ether oxygens (including phenoxy) is 1. The Morgan fingerprint density at radius 1 is 0.500 bits per heavy atom. The molecule has 0 aliphatic heterocycles. The van der Waals surface area contributed by atoms with Crippen LogP contribution in [0.1, 0.15) is 130 Å². The van der Waals surface area contributed by atoms with Crippen molar-refractivity contribution in [2.24, 2.45) is 0 Å². The van der Waals surface area contributed by atoms with Gasteiger partial charge in [-0.2, -0.15) is 0 Å². The molecule has 0 saturated carbocycles. The van der Waals surface area contributed by atoms with Crippen molar-refractivity contribution in [3.8, 4) is 0 Å². The van der Waals surface area contributed by atoms with E-state index in [1.165, 1.54) is 108 Å². The third kappa shape index (κ3) is 17.9. The Kier molecular flexibility index (Phi) is 18.5. The topological polar surface area (TPSA) is 9.23 Å². The Bertz CT molecular complexity index is 276. The molecule has 0 aromatic carbocycles. The average molecular weight is 339 g/mol. The lowest BCUT2D eigenvalue weighted by Crippen LogP contribution is -1.94. The Morgan fingerprint density at radius 2 is 0.833 bits per heavy atom. The van der Waals surface area contributed by atoms with Crippen molar-refractivity contribution in [1.82, 2.24) is 0 Å². The normalized spacial score (nSPS) is 10.8. The summed E-state index contributed by atoms with van der Waals surface area (Å²) in [5, 5.41) is 0. The van der Waals surface area contributed by atoms with E-state index in [0.29, 0.717) is 0 Å². The Morgan fingerprint density at radius 3 is 1.17 bits per heavy atom. The first-order valence-electron chi connectivity index (χ1n) is 10.9. The molecule has 0 amide bonds. The highest BCUT2D eigenvalue weighted by atomic mass is 16.5. The highest BCUT2D eigenvalue weighted by Gasteiger charge is 1.96. The van der Waals surface area contributed by atoms with Crippen LogP contribution in [0.5, 0.6) is 0 Å². The van der Waals surface area contributed by atoms with E-state index in [4.69, 9.17) is 4.74 Å². The molecular formula is C23H46O. The monoisotopic (exact) mass is 338 g/mol. The van der Waals surface area contributed by atoms with Crippen LogP contribution < -0.4 is 0 Å². The lowest BCUT2D eigenvalue weighted by atomic mass is 10.0. The molecule has 0 aliphatic rings. The highest BCUT2D eigenvalue weighted by Crippen LogP contribution is 2.14. The summed E-state index contributed by atoms with van der Waals surface area (Å²) in [5.41, 5.74) is 1.30. The first-order chi connectivity index (χ1) is 11.7. The third-order valence-corrected chi connectivity index (χ3v) is 5.02. The van der Waals surface area contributed by atoms with E-state index in [1.807, 2.05) is 0 Å². The van der Waals surface area contributed by atoms with Gasteiger partial charge in [0.15, 0.2) is 0 Å². The van der Waals surface area contributed by atoms with E-state index >= 15 is 0 Å². The van der Waals surface area contributed by atoms with Gasteiger partial charge in [0.2, 0.25) is 0 Å². The zero-order valence-electron chi connectivity index (χ0n) is 17.4. The van der Waals surface area contributed by atoms with Crippen molar-refractivity contribution in [3.05, 3.63) is 11.3 Å². The van der Waals surface area contributed by atoms with E-state index in [0.717, 1.165) is 12.4 Å².